The van der Waals surface area contributed by atoms with Gasteiger partial charge in [0.05, 0.1) is 21.8 Å². The number of nitrogens with two attached hydrogens (primary N) is 1. The van der Waals surface area contributed by atoms with Crippen molar-refractivity contribution < 1.29 is 5.11 Å². The van der Waals surface area contributed by atoms with Crippen LogP contribution in [0.3, 0.4) is 0 Å². The molecule has 0 spiro atoms. The lowest BCUT2D eigenvalue weighted by Gasteiger charge is -2.13. The predicted molar refractivity (Wildman–Crippen MR) is 139 cm³/mol. The Balaban J connectivity index is 1.87. The lowest BCUT2D eigenvalue weighted by molar-refractivity contribution is 0.506. The van der Waals surface area contributed by atoms with E-state index >= 15 is 0 Å². The number of nitrogens with zero attached hydrogens (tertiary/aromatic N) is 1. The van der Waals surface area contributed by atoms with Crippen LogP contribution in [0.4, 0.5) is 17.1 Å². The molecule has 35 heavy (non-hydrogen) atoms. The van der Waals surface area contributed by atoms with Gasteiger partial charge in [-0.05, 0) is 35.7 Å². The van der Waals surface area contributed by atoms with E-state index in [0.29, 0.717) is 49.1 Å². The molecule has 4 N–H and O–H groups in total. The monoisotopic (exact) mass is 457 g/mol. The number of hydrogen-bond acceptors (Lipinski definition) is 6. The summed E-state index contributed by atoms with van der Waals surface area (Å²) in [5.74, 6) is -0.177. The zero-order valence-electron chi connectivity index (χ0n) is 18.4. The van der Waals surface area contributed by atoms with Crippen molar-refractivity contribution in [1.82, 2.24) is 4.98 Å². The van der Waals surface area contributed by atoms with Gasteiger partial charge in [0, 0.05) is 32.8 Å². The molecule has 1 aliphatic carbocycles. The molecule has 6 rings (SSSR count). The first kappa shape index (κ1) is 20.6. The summed E-state index contributed by atoms with van der Waals surface area (Å²) in [4.78, 5) is 31.3. The van der Waals surface area contributed by atoms with E-state index in [1.807, 2.05) is 24.3 Å². The highest BCUT2D eigenvalue weighted by Crippen LogP contribution is 2.27. The summed E-state index contributed by atoms with van der Waals surface area (Å²) in [5.41, 5.74) is 7.96. The highest BCUT2D eigenvalue weighted by atomic mass is 16.3. The molecule has 4 aromatic carbocycles. The van der Waals surface area contributed by atoms with Gasteiger partial charge < -0.3 is 16.2 Å². The molecule has 0 unspecified atom stereocenters. The number of benzene rings is 4. The first-order chi connectivity index (χ1) is 17.0. The van der Waals surface area contributed by atoms with Crippen molar-refractivity contribution in [3.8, 4) is 0 Å². The molecule has 0 fully saturated rings. The number of nitrogens with one attached hydrogen (secondary N) is 1. The minimum absolute atomic E-state index is 0.0750. The Hall–Kier alpha value is -4.97. The van der Waals surface area contributed by atoms with Gasteiger partial charge >= 0.3 is 0 Å². The van der Waals surface area contributed by atoms with E-state index in [0.717, 1.165) is 5.69 Å². The number of aromatic nitrogens is 1. The predicted octanol–water partition coefficient (Wildman–Crippen LogP) is 4.03. The molecular weight excluding hydrogens is 438 g/mol. The van der Waals surface area contributed by atoms with Crippen molar-refractivity contribution in [2.45, 2.75) is 0 Å². The van der Waals surface area contributed by atoms with E-state index < -0.39 is 5.56 Å². The molecule has 2 aliphatic rings. The van der Waals surface area contributed by atoms with E-state index in [4.69, 9.17) is 5.73 Å². The number of aliphatic hydroxyl groups is 1. The maximum absolute atomic E-state index is 13.8. The van der Waals surface area contributed by atoms with Crippen LogP contribution in [0.1, 0.15) is 5.56 Å². The van der Waals surface area contributed by atoms with Crippen LogP contribution in [0.2, 0.25) is 0 Å². The second-order valence-electron chi connectivity index (χ2n) is 8.39. The molecule has 0 bridgehead atoms. The van der Waals surface area contributed by atoms with Gasteiger partial charge in [-0.2, -0.15) is 0 Å². The molecule has 0 amide bonds. The molecule has 1 aliphatic heterocycles. The largest absolute Gasteiger partial charge is 0.506 e. The minimum atomic E-state index is -0.555. The fourth-order valence-corrected chi connectivity index (χ4v) is 4.71. The third kappa shape index (κ3) is 3.23. The Morgan fingerprint density at radius 3 is 2.31 bits per heavy atom. The van der Waals surface area contributed by atoms with Gasteiger partial charge in [0.15, 0.2) is 5.43 Å². The molecule has 0 saturated carbocycles. The molecular formula is C29H19N3O3. The third-order valence-electron chi connectivity index (χ3n) is 6.24. The lowest BCUT2D eigenvalue weighted by Crippen LogP contribution is -2.33. The minimum Gasteiger partial charge on any atom is -0.506 e. The summed E-state index contributed by atoms with van der Waals surface area (Å²) in [5, 5.41) is 17.1. The summed E-state index contributed by atoms with van der Waals surface area (Å²) in [6.07, 6.45) is 0. The lowest BCUT2D eigenvalue weighted by atomic mass is 9.96. The number of nitrogen functional groups attached to an aromatic ring is 1. The molecule has 6 nitrogen and oxygen atoms in total. The zero-order valence-corrected chi connectivity index (χ0v) is 18.4. The standard InChI is InChI=1S/C29H19N3O3/c30-17-9-6-10-18(15-17)31-22-14-13-21-24-23(19-11-4-5-12-20(19)28(34)25(22)24)26(29(35)32-21)27(33)16-7-2-1-3-8-16/h1-15,31,33H,30H2. The Morgan fingerprint density at radius 2 is 1.54 bits per heavy atom. The molecule has 0 atom stereocenters. The summed E-state index contributed by atoms with van der Waals surface area (Å²) < 4.78 is 0. The van der Waals surface area contributed by atoms with Gasteiger partial charge in [-0.1, -0.05) is 60.7 Å². The molecule has 4 aromatic rings. The number of rotatable bonds is 3. The van der Waals surface area contributed by atoms with Crippen molar-refractivity contribution >= 4 is 44.5 Å². The molecule has 1 heterocycles. The average molecular weight is 457 g/mol. The number of hydrogen-bond donors (Lipinski definition) is 3. The topological polar surface area (TPSA) is 105 Å². The van der Waals surface area contributed by atoms with Crippen LogP contribution in [-0.2, 0) is 0 Å². The number of fused-ring (bicyclic) bond motifs is 2. The van der Waals surface area contributed by atoms with Crippen LogP contribution in [0, 0.1) is 10.4 Å². The van der Waals surface area contributed by atoms with Crippen LogP contribution in [-0.4, -0.2) is 10.1 Å². The van der Waals surface area contributed by atoms with Gasteiger partial charge in [0.1, 0.15) is 5.76 Å². The number of anilines is 3. The van der Waals surface area contributed by atoms with Gasteiger partial charge in [0.25, 0.3) is 5.56 Å². The summed E-state index contributed by atoms with van der Waals surface area (Å²) in [6.45, 7) is 0. The van der Waals surface area contributed by atoms with Crippen molar-refractivity contribution in [1.29, 1.82) is 0 Å². The molecule has 0 radical (unpaired) electrons. The van der Waals surface area contributed by atoms with Crippen LogP contribution in [0.5, 0.6) is 0 Å². The van der Waals surface area contributed by atoms with Crippen molar-refractivity contribution in [2.75, 3.05) is 11.1 Å². The van der Waals surface area contributed by atoms with Crippen LogP contribution >= 0.6 is 0 Å². The van der Waals surface area contributed by atoms with E-state index in [9.17, 15) is 14.7 Å². The Kier molecular flexibility index (Phi) is 4.60. The summed E-state index contributed by atoms with van der Waals surface area (Å²) in [7, 11) is 0. The molecule has 0 saturated heterocycles. The Morgan fingerprint density at radius 1 is 0.800 bits per heavy atom. The highest BCUT2D eigenvalue weighted by Gasteiger charge is 2.18. The van der Waals surface area contributed by atoms with Crippen LogP contribution < -0.4 is 27.3 Å². The van der Waals surface area contributed by atoms with Crippen molar-refractivity contribution in [3.63, 3.8) is 0 Å². The van der Waals surface area contributed by atoms with E-state index in [1.54, 1.807) is 66.7 Å². The Bertz CT molecular complexity index is 1990. The first-order valence-electron chi connectivity index (χ1n) is 11.1. The van der Waals surface area contributed by atoms with Gasteiger partial charge in [0.2, 0.25) is 0 Å². The SMILES string of the molecule is Nc1cccc(Nc2ccc3nc(=O)c(=C(O)c4ccccc4)c4c5ccccc5c(=O)c2c3=4)c1. The van der Waals surface area contributed by atoms with E-state index in [1.165, 1.54) is 0 Å². The van der Waals surface area contributed by atoms with Crippen LogP contribution in [0.25, 0.3) is 27.4 Å². The molecule has 6 heteroatoms. The average Bonchev–Trinajstić information content (AvgIpc) is 2.87. The second kappa shape index (κ2) is 7.81. The van der Waals surface area contributed by atoms with E-state index in [-0.39, 0.29) is 16.4 Å². The van der Waals surface area contributed by atoms with Crippen molar-refractivity contribution in [2.24, 2.45) is 0 Å². The first-order valence-corrected chi connectivity index (χ1v) is 11.1. The molecule has 0 aromatic heterocycles. The summed E-state index contributed by atoms with van der Waals surface area (Å²) >= 11 is 0. The maximum Gasteiger partial charge on any atom is 0.281 e. The highest BCUT2D eigenvalue weighted by molar-refractivity contribution is 5.96. The fourth-order valence-electron chi connectivity index (χ4n) is 4.71. The maximum atomic E-state index is 13.8. The quantitative estimate of drug-likeness (QED) is 0.347. The van der Waals surface area contributed by atoms with Gasteiger partial charge in [-0.25, -0.2) is 4.98 Å². The van der Waals surface area contributed by atoms with Crippen LogP contribution in [0.15, 0.2) is 101 Å². The van der Waals surface area contributed by atoms with E-state index in [2.05, 4.69) is 10.3 Å². The summed E-state index contributed by atoms with van der Waals surface area (Å²) in [6, 6.07) is 26.7. The zero-order chi connectivity index (χ0) is 24.1. The number of aliphatic hydroxyl groups excluding tert-OH is 1. The second-order valence-corrected chi connectivity index (χ2v) is 8.39. The normalized spacial score (nSPS) is 12.3. The van der Waals surface area contributed by atoms with Gasteiger partial charge in [-0.15, -0.1) is 0 Å². The third-order valence-corrected chi connectivity index (χ3v) is 6.24. The van der Waals surface area contributed by atoms with Gasteiger partial charge in [-0.3, -0.25) is 9.59 Å². The Labute approximate surface area is 198 Å². The molecule has 168 valence electrons. The fraction of sp³-hybridized carbons (Fsp3) is 0. The van der Waals surface area contributed by atoms with Crippen molar-refractivity contribution in [3.05, 3.63) is 133 Å². The smallest absolute Gasteiger partial charge is 0.281 e.